The van der Waals surface area contributed by atoms with Crippen LogP contribution in [-0.4, -0.2) is 63.1 Å². The molecule has 0 saturated heterocycles. The number of benzene rings is 2. The van der Waals surface area contributed by atoms with Crippen molar-refractivity contribution < 1.29 is 24.6 Å². The van der Waals surface area contributed by atoms with Gasteiger partial charge in [0.2, 0.25) is 11.8 Å². The molecule has 186 valence electrons. The standard InChI is InChI=1S/C25H30N4O5S/c1-35-11-10-21(28-23(31)19(26)12-15-6-8-17(30)9-7-15)24(32)29-22(25(33)34)13-16-14-27-20-5-3-2-4-18(16)20/h2-9,14,19,21-22,27,30H,10-13,26H2,1H3,(H,28,31)(H,29,32)(H,33,34). The van der Waals surface area contributed by atoms with Crippen LogP contribution in [0.1, 0.15) is 17.5 Å². The van der Waals surface area contributed by atoms with E-state index in [-0.39, 0.29) is 18.6 Å². The lowest BCUT2D eigenvalue weighted by atomic mass is 10.0. The predicted molar refractivity (Wildman–Crippen MR) is 136 cm³/mol. The molecule has 2 aromatic carbocycles. The minimum absolute atomic E-state index is 0.0919. The number of amides is 2. The Kier molecular flexibility index (Phi) is 9.16. The van der Waals surface area contributed by atoms with Gasteiger partial charge in [-0.05, 0) is 54.2 Å². The van der Waals surface area contributed by atoms with Crippen LogP contribution in [0, 0.1) is 0 Å². The minimum Gasteiger partial charge on any atom is -0.508 e. The number of H-pyrrole nitrogens is 1. The second-order valence-electron chi connectivity index (χ2n) is 8.28. The van der Waals surface area contributed by atoms with Gasteiger partial charge >= 0.3 is 5.97 Å². The molecule has 2 amide bonds. The first-order chi connectivity index (χ1) is 16.8. The molecule has 0 aliphatic carbocycles. The molecule has 3 aromatic rings. The highest BCUT2D eigenvalue weighted by atomic mass is 32.2. The van der Waals surface area contributed by atoms with Crippen LogP contribution in [0.4, 0.5) is 0 Å². The number of aromatic amines is 1. The minimum atomic E-state index is -1.17. The van der Waals surface area contributed by atoms with Gasteiger partial charge in [0.25, 0.3) is 0 Å². The summed E-state index contributed by atoms with van der Waals surface area (Å²) in [6.07, 6.45) is 4.26. The number of phenols is 1. The maximum Gasteiger partial charge on any atom is 0.326 e. The first kappa shape index (κ1) is 26.1. The van der Waals surface area contributed by atoms with Crippen LogP contribution in [0.2, 0.25) is 0 Å². The number of carboxylic acids is 1. The number of thioether (sulfide) groups is 1. The molecule has 7 N–H and O–H groups in total. The van der Waals surface area contributed by atoms with Crippen LogP contribution < -0.4 is 16.4 Å². The highest BCUT2D eigenvalue weighted by Crippen LogP contribution is 2.19. The first-order valence-electron chi connectivity index (χ1n) is 11.2. The predicted octanol–water partition coefficient (Wildman–Crippen LogP) is 1.79. The Morgan fingerprint density at radius 1 is 1.00 bits per heavy atom. The molecule has 0 spiro atoms. The SMILES string of the molecule is CSCCC(NC(=O)C(N)Cc1ccc(O)cc1)C(=O)NC(Cc1c[nH]c2ccccc12)C(=O)O. The summed E-state index contributed by atoms with van der Waals surface area (Å²) < 4.78 is 0. The number of nitrogens with one attached hydrogen (secondary N) is 3. The van der Waals surface area contributed by atoms with Gasteiger partial charge in [0.1, 0.15) is 17.8 Å². The summed E-state index contributed by atoms with van der Waals surface area (Å²) >= 11 is 1.51. The van der Waals surface area contributed by atoms with Crippen molar-refractivity contribution in [2.75, 3.05) is 12.0 Å². The maximum absolute atomic E-state index is 13.0. The van der Waals surface area contributed by atoms with Crippen LogP contribution in [0.15, 0.2) is 54.7 Å². The molecule has 0 bridgehead atoms. The number of aromatic nitrogens is 1. The Bertz CT molecular complexity index is 1160. The Balaban J connectivity index is 1.66. The number of hydrogen-bond acceptors (Lipinski definition) is 6. The zero-order chi connectivity index (χ0) is 25.4. The fourth-order valence-corrected chi connectivity index (χ4v) is 4.23. The van der Waals surface area contributed by atoms with Crippen molar-refractivity contribution in [1.82, 2.24) is 15.6 Å². The number of rotatable bonds is 12. The lowest BCUT2D eigenvalue weighted by molar-refractivity contribution is -0.142. The number of aromatic hydroxyl groups is 1. The smallest absolute Gasteiger partial charge is 0.326 e. The van der Waals surface area contributed by atoms with E-state index in [2.05, 4.69) is 15.6 Å². The molecule has 10 heteroatoms. The van der Waals surface area contributed by atoms with Crippen molar-refractivity contribution in [3.8, 4) is 5.75 Å². The van der Waals surface area contributed by atoms with Gasteiger partial charge in [-0.25, -0.2) is 4.79 Å². The number of carboxylic acid groups (broad SMARTS) is 1. The summed E-state index contributed by atoms with van der Waals surface area (Å²) in [5, 5.41) is 25.3. The second-order valence-corrected chi connectivity index (χ2v) is 9.27. The van der Waals surface area contributed by atoms with Gasteiger partial charge < -0.3 is 31.6 Å². The highest BCUT2D eigenvalue weighted by Gasteiger charge is 2.28. The van der Waals surface area contributed by atoms with Gasteiger partial charge in [-0.2, -0.15) is 11.8 Å². The molecule has 3 unspecified atom stereocenters. The second kappa shape index (κ2) is 12.3. The van der Waals surface area contributed by atoms with E-state index in [9.17, 15) is 24.6 Å². The molecular formula is C25H30N4O5S. The van der Waals surface area contributed by atoms with E-state index in [1.807, 2.05) is 30.5 Å². The van der Waals surface area contributed by atoms with E-state index < -0.39 is 35.9 Å². The van der Waals surface area contributed by atoms with Crippen molar-refractivity contribution in [3.63, 3.8) is 0 Å². The Morgan fingerprint density at radius 3 is 2.37 bits per heavy atom. The number of aliphatic carboxylic acids is 1. The summed E-state index contributed by atoms with van der Waals surface area (Å²) in [4.78, 5) is 40.8. The molecule has 3 rings (SSSR count). The van der Waals surface area contributed by atoms with Gasteiger partial charge in [0.05, 0.1) is 6.04 Å². The molecule has 0 radical (unpaired) electrons. The Morgan fingerprint density at radius 2 is 1.69 bits per heavy atom. The molecule has 0 fully saturated rings. The molecule has 0 aliphatic heterocycles. The zero-order valence-corrected chi connectivity index (χ0v) is 20.2. The van der Waals surface area contributed by atoms with Crippen molar-refractivity contribution in [3.05, 3.63) is 65.9 Å². The van der Waals surface area contributed by atoms with Crippen molar-refractivity contribution >= 4 is 40.4 Å². The summed E-state index contributed by atoms with van der Waals surface area (Å²) in [6, 6.07) is 10.9. The average molecular weight is 499 g/mol. The van der Waals surface area contributed by atoms with E-state index >= 15 is 0 Å². The van der Waals surface area contributed by atoms with Crippen molar-refractivity contribution in [2.24, 2.45) is 5.73 Å². The summed E-state index contributed by atoms with van der Waals surface area (Å²) in [5.74, 6) is -1.55. The average Bonchev–Trinajstić information content (AvgIpc) is 3.25. The highest BCUT2D eigenvalue weighted by molar-refractivity contribution is 7.98. The summed E-state index contributed by atoms with van der Waals surface area (Å²) in [5.41, 5.74) is 8.46. The summed E-state index contributed by atoms with van der Waals surface area (Å²) in [7, 11) is 0. The molecule has 0 saturated carbocycles. The van der Waals surface area contributed by atoms with Crippen LogP contribution in [0.25, 0.3) is 10.9 Å². The molecule has 9 nitrogen and oxygen atoms in total. The fraction of sp³-hybridized carbons (Fsp3) is 0.320. The Labute approximate surface area is 207 Å². The van der Waals surface area contributed by atoms with Crippen LogP contribution >= 0.6 is 11.8 Å². The third-order valence-electron chi connectivity index (χ3n) is 5.69. The number of carbonyl (C=O) groups excluding carboxylic acids is 2. The van der Waals surface area contributed by atoms with Crippen LogP contribution in [-0.2, 0) is 27.2 Å². The van der Waals surface area contributed by atoms with Gasteiger partial charge in [-0.15, -0.1) is 0 Å². The van der Waals surface area contributed by atoms with Gasteiger partial charge in [0.15, 0.2) is 0 Å². The van der Waals surface area contributed by atoms with E-state index in [4.69, 9.17) is 5.73 Å². The number of carbonyl (C=O) groups is 3. The molecule has 0 aliphatic rings. The normalized spacial score (nSPS) is 13.7. The molecule has 35 heavy (non-hydrogen) atoms. The van der Waals surface area contributed by atoms with E-state index in [1.54, 1.807) is 18.3 Å². The molecular weight excluding hydrogens is 468 g/mol. The van der Waals surface area contributed by atoms with Crippen LogP contribution in [0.5, 0.6) is 5.75 Å². The third kappa shape index (κ3) is 7.24. The number of para-hydroxylation sites is 1. The van der Waals surface area contributed by atoms with Gasteiger partial charge in [-0.1, -0.05) is 30.3 Å². The monoisotopic (exact) mass is 498 g/mol. The fourth-order valence-electron chi connectivity index (χ4n) is 3.75. The summed E-state index contributed by atoms with van der Waals surface area (Å²) in [6.45, 7) is 0. The van der Waals surface area contributed by atoms with E-state index in [0.717, 1.165) is 22.0 Å². The number of phenolic OH excluding ortho intramolecular Hbond substituents is 1. The lowest BCUT2D eigenvalue weighted by Crippen LogP contribution is -2.55. The number of nitrogens with two attached hydrogens (primary N) is 1. The van der Waals surface area contributed by atoms with Crippen molar-refractivity contribution in [2.45, 2.75) is 37.4 Å². The van der Waals surface area contributed by atoms with E-state index in [0.29, 0.717) is 12.2 Å². The van der Waals surface area contributed by atoms with Gasteiger partial charge in [-0.3, -0.25) is 9.59 Å². The maximum atomic E-state index is 13.0. The van der Waals surface area contributed by atoms with Crippen LogP contribution in [0.3, 0.4) is 0 Å². The quantitative estimate of drug-likeness (QED) is 0.222. The topological polar surface area (TPSA) is 158 Å². The van der Waals surface area contributed by atoms with Gasteiger partial charge in [0, 0.05) is 23.5 Å². The Hall–Kier alpha value is -3.50. The number of hydrogen-bond donors (Lipinski definition) is 6. The molecule has 3 atom stereocenters. The first-order valence-corrected chi connectivity index (χ1v) is 12.6. The van der Waals surface area contributed by atoms with Crippen molar-refractivity contribution in [1.29, 1.82) is 0 Å². The third-order valence-corrected chi connectivity index (χ3v) is 6.33. The molecule has 1 aromatic heterocycles. The molecule has 1 heterocycles. The number of fused-ring (bicyclic) bond motifs is 1. The van der Waals surface area contributed by atoms with E-state index in [1.165, 1.54) is 23.9 Å². The lowest BCUT2D eigenvalue weighted by Gasteiger charge is -2.23. The zero-order valence-electron chi connectivity index (χ0n) is 19.4. The largest absolute Gasteiger partial charge is 0.508 e.